The molecule has 0 bridgehead atoms. The molecule has 1 aromatic carbocycles. The normalized spacial score (nSPS) is 15.5. The van der Waals surface area contributed by atoms with Crippen LogP contribution in [0.4, 0.5) is 5.69 Å². The molecule has 1 radical (unpaired) electrons. The summed E-state index contributed by atoms with van der Waals surface area (Å²) in [7, 11) is 0. The zero-order valence-corrected chi connectivity index (χ0v) is 6.04. The molecule has 0 atom stereocenters. The average Bonchev–Trinajstić information content (AvgIpc) is 2.04. The van der Waals surface area contributed by atoms with Gasteiger partial charge >= 0.3 is 0 Å². The lowest BCUT2D eigenvalue weighted by molar-refractivity contribution is 0.527. The van der Waals surface area contributed by atoms with Crippen molar-refractivity contribution >= 4 is 11.6 Å². The number of aryl methyl sites for hydroxylation is 1. The second kappa shape index (κ2) is 2.38. The summed E-state index contributed by atoms with van der Waals surface area (Å²) >= 11 is 0. The smallest absolute Gasteiger partial charge is 0.186 e. The van der Waals surface area contributed by atoms with Crippen LogP contribution in [0.1, 0.15) is 12.0 Å². The summed E-state index contributed by atoms with van der Waals surface area (Å²) in [5, 5.41) is 9.09. The second-order valence-electron chi connectivity index (χ2n) is 2.57. The lowest BCUT2D eigenvalue weighted by atomic mass is 10.1. The van der Waals surface area contributed by atoms with Gasteiger partial charge in [-0.25, -0.2) is 4.99 Å². The summed E-state index contributed by atoms with van der Waals surface area (Å²) in [6.07, 6.45) is 1.53. The molecular formula is C9H8NO. The Labute approximate surface area is 65.2 Å². The van der Waals surface area contributed by atoms with Gasteiger partial charge in [0.2, 0.25) is 0 Å². The minimum atomic E-state index is 0.222. The highest BCUT2D eigenvalue weighted by molar-refractivity contribution is 5.80. The molecule has 1 aromatic rings. The predicted octanol–water partition coefficient (Wildman–Crippen LogP) is 2.02. The first-order chi connectivity index (χ1) is 5.36. The molecule has 1 heterocycles. The molecular weight excluding hydrogens is 138 g/mol. The fourth-order valence-electron chi connectivity index (χ4n) is 1.20. The van der Waals surface area contributed by atoms with Crippen molar-refractivity contribution in [2.75, 3.05) is 0 Å². The number of hydrogen-bond acceptors (Lipinski definition) is 1. The van der Waals surface area contributed by atoms with E-state index in [9.17, 15) is 0 Å². The molecule has 0 spiro atoms. The molecule has 1 N–H and O–H groups in total. The summed E-state index contributed by atoms with van der Waals surface area (Å²) in [5.74, 6) is 0.222. The number of aliphatic imine (C=N–C) groups is 1. The van der Waals surface area contributed by atoms with E-state index < -0.39 is 0 Å². The van der Waals surface area contributed by atoms with Crippen molar-refractivity contribution in [3.63, 3.8) is 0 Å². The summed E-state index contributed by atoms with van der Waals surface area (Å²) in [6, 6.07) is 8.74. The van der Waals surface area contributed by atoms with Crippen LogP contribution in [-0.2, 0) is 6.42 Å². The maximum Gasteiger partial charge on any atom is 0.186 e. The zero-order chi connectivity index (χ0) is 7.68. The molecule has 0 saturated carbocycles. The Morgan fingerprint density at radius 3 is 3.27 bits per heavy atom. The van der Waals surface area contributed by atoms with Crippen molar-refractivity contribution in [3.8, 4) is 0 Å². The average molecular weight is 146 g/mol. The lowest BCUT2D eigenvalue weighted by Crippen LogP contribution is -2.03. The topological polar surface area (TPSA) is 32.6 Å². The molecule has 1 aliphatic heterocycles. The molecule has 0 amide bonds. The van der Waals surface area contributed by atoms with Crippen molar-refractivity contribution in [1.82, 2.24) is 0 Å². The van der Waals surface area contributed by atoms with Gasteiger partial charge in [0.25, 0.3) is 0 Å². The molecule has 0 aliphatic carbocycles. The van der Waals surface area contributed by atoms with Gasteiger partial charge in [0.15, 0.2) is 5.90 Å². The number of benzene rings is 1. The highest BCUT2D eigenvalue weighted by Crippen LogP contribution is 2.23. The van der Waals surface area contributed by atoms with E-state index in [2.05, 4.69) is 11.1 Å². The Morgan fingerprint density at radius 1 is 1.45 bits per heavy atom. The van der Waals surface area contributed by atoms with Crippen LogP contribution in [0.15, 0.2) is 23.2 Å². The van der Waals surface area contributed by atoms with Gasteiger partial charge < -0.3 is 5.11 Å². The standard InChI is InChI=1S/C9H8NO/c11-9-6-5-7-3-1-2-4-8(7)10-9/h1-3H,5-6H2,(H,10,11). The van der Waals surface area contributed by atoms with Gasteiger partial charge in [-0.2, -0.15) is 0 Å². The molecule has 2 heteroatoms. The van der Waals surface area contributed by atoms with Crippen LogP contribution >= 0.6 is 0 Å². The highest BCUT2D eigenvalue weighted by atomic mass is 16.3. The van der Waals surface area contributed by atoms with E-state index >= 15 is 0 Å². The maximum atomic E-state index is 9.09. The summed E-state index contributed by atoms with van der Waals surface area (Å²) < 4.78 is 0. The summed E-state index contributed by atoms with van der Waals surface area (Å²) in [5.41, 5.74) is 1.96. The molecule has 0 unspecified atom stereocenters. The van der Waals surface area contributed by atoms with Crippen molar-refractivity contribution in [1.29, 1.82) is 0 Å². The first-order valence-corrected chi connectivity index (χ1v) is 3.62. The Morgan fingerprint density at radius 2 is 2.36 bits per heavy atom. The highest BCUT2D eigenvalue weighted by Gasteiger charge is 2.08. The van der Waals surface area contributed by atoms with Crippen molar-refractivity contribution in [2.24, 2.45) is 4.99 Å². The summed E-state index contributed by atoms with van der Waals surface area (Å²) in [6.45, 7) is 0. The van der Waals surface area contributed by atoms with Gasteiger partial charge in [0.1, 0.15) is 0 Å². The van der Waals surface area contributed by atoms with E-state index in [1.807, 2.05) is 12.1 Å². The summed E-state index contributed by atoms with van der Waals surface area (Å²) in [4.78, 5) is 3.96. The van der Waals surface area contributed by atoms with Crippen molar-refractivity contribution in [2.45, 2.75) is 12.8 Å². The zero-order valence-electron chi connectivity index (χ0n) is 6.04. The van der Waals surface area contributed by atoms with Gasteiger partial charge in [0.05, 0.1) is 5.69 Å². The Balaban J connectivity index is 2.51. The predicted molar refractivity (Wildman–Crippen MR) is 43.3 cm³/mol. The van der Waals surface area contributed by atoms with Crippen molar-refractivity contribution < 1.29 is 5.11 Å². The number of hydrogen-bond donors (Lipinski definition) is 1. The van der Waals surface area contributed by atoms with E-state index in [4.69, 9.17) is 5.11 Å². The fraction of sp³-hybridized carbons (Fsp3) is 0.222. The molecule has 0 fully saturated rings. The van der Waals surface area contributed by atoms with E-state index in [1.165, 1.54) is 5.56 Å². The second-order valence-corrected chi connectivity index (χ2v) is 2.57. The van der Waals surface area contributed by atoms with Gasteiger partial charge in [-0.05, 0) is 12.0 Å². The van der Waals surface area contributed by atoms with Gasteiger partial charge in [-0.1, -0.05) is 18.2 Å². The Kier molecular flexibility index (Phi) is 1.39. The van der Waals surface area contributed by atoms with Crippen LogP contribution in [0.5, 0.6) is 0 Å². The number of para-hydroxylation sites is 1. The van der Waals surface area contributed by atoms with Crippen LogP contribution in [-0.4, -0.2) is 11.0 Å². The van der Waals surface area contributed by atoms with E-state index in [0.29, 0.717) is 6.42 Å². The maximum absolute atomic E-state index is 9.09. The largest absolute Gasteiger partial charge is 0.496 e. The van der Waals surface area contributed by atoms with E-state index in [1.54, 1.807) is 6.07 Å². The first kappa shape index (κ1) is 6.40. The first-order valence-electron chi connectivity index (χ1n) is 3.62. The van der Waals surface area contributed by atoms with Crippen LogP contribution in [0.2, 0.25) is 0 Å². The Bertz CT molecular complexity index is 304. The van der Waals surface area contributed by atoms with Crippen molar-refractivity contribution in [3.05, 3.63) is 29.8 Å². The quantitative estimate of drug-likeness (QED) is 0.596. The van der Waals surface area contributed by atoms with Gasteiger partial charge in [-0.3, -0.25) is 0 Å². The molecule has 2 nitrogen and oxygen atoms in total. The minimum absolute atomic E-state index is 0.222. The Hall–Kier alpha value is -1.31. The molecule has 0 saturated heterocycles. The number of aliphatic hydroxyl groups excluding tert-OH is 1. The molecule has 1 aliphatic rings. The number of rotatable bonds is 0. The monoisotopic (exact) mass is 146 g/mol. The lowest BCUT2D eigenvalue weighted by Gasteiger charge is -2.09. The van der Waals surface area contributed by atoms with Gasteiger partial charge in [-0.15, -0.1) is 0 Å². The van der Waals surface area contributed by atoms with Crippen LogP contribution < -0.4 is 0 Å². The fourth-order valence-corrected chi connectivity index (χ4v) is 1.20. The third-order valence-corrected chi connectivity index (χ3v) is 1.78. The molecule has 11 heavy (non-hydrogen) atoms. The van der Waals surface area contributed by atoms with Crippen LogP contribution in [0.25, 0.3) is 0 Å². The van der Waals surface area contributed by atoms with E-state index in [-0.39, 0.29) is 5.90 Å². The van der Waals surface area contributed by atoms with E-state index in [0.717, 1.165) is 12.1 Å². The molecule has 0 aromatic heterocycles. The number of nitrogens with zero attached hydrogens (tertiary/aromatic N) is 1. The van der Waals surface area contributed by atoms with Crippen LogP contribution in [0.3, 0.4) is 0 Å². The number of aliphatic hydroxyl groups is 1. The third-order valence-electron chi connectivity index (χ3n) is 1.78. The molecule has 2 rings (SSSR count). The number of fused-ring (bicyclic) bond motifs is 1. The minimum Gasteiger partial charge on any atom is -0.496 e. The third kappa shape index (κ3) is 1.11. The van der Waals surface area contributed by atoms with Gasteiger partial charge in [0, 0.05) is 12.5 Å². The molecule has 55 valence electrons. The van der Waals surface area contributed by atoms with Crippen LogP contribution in [0, 0.1) is 6.07 Å². The SMILES string of the molecule is OC1=Nc2[c]cccc2CC1.